The minimum Gasteiger partial charge on any atom is -0.493 e. The zero-order valence-corrected chi connectivity index (χ0v) is 21.9. The third kappa shape index (κ3) is 6.20. The van der Waals surface area contributed by atoms with E-state index in [1.807, 2.05) is 0 Å². The van der Waals surface area contributed by atoms with Crippen LogP contribution in [0.15, 0.2) is 70.7 Å². The maximum absolute atomic E-state index is 13.4. The van der Waals surface area contributed by atoms with E-state index in [4.69, 9.17) is 37.4 Å². The number of carbonyl (C=O) groups excluding carboxylic acids is 1. The average Bonchev–Trinajstić information content (AvgIpc) is 2.88. The molecule has 0 aliphatic carbocycles. The van der Waals surface area contributed by atoms with Gasteiger partial charge in [-0.25, -0.2) is 13.8 Å². The molecular formula is C24H23Cl2N3O6S. The fourth-order valence-electron chi connectivity index (χ4n) is 3.20. The van der Waals surface area contributed by atoms with Crippen molar-refractivity contribution < 1.29 is 27.4 Å². The number of benzene rings is 3. The summed E-state index contributed by atoms with van der Waals surface area (Å²) >= 11 is 12.1. The second kappa shape index (κ2) is 12.0. The largest absolute Gasteiger partial charge is 0.493 e. The van der Waals surface area contributed by atoms with Gasteiger partial charge in [0.05, 0.1) is 48.2 Å². The number of methoxy groups -OCH3 is 3. The summed E-state index contributed by atoms with van der Waals surface area (Å²) in [7, 11) is 0.328. The van der Waals surface area contributed by atoms with Crippen molar-refractivity contribution >= 4 is 51.0 Å². The van der Waals surface area contributed by atoms with Crippen LogP contribution in [0.3, 0.4) is 0 Å². The van der Waals surface area contributed by atoms with Crippen molar-refractivity contribution in [1.82, 2.24) is 5.43 Å². The van der Waals surface area contributed by atoms with Crippen LogP contribution in [-0.4, -0.2) is 48.4 Å². The summed E-state index contributed by atoms with van der Waals surface area (Å²) in [5, 5.41) is 4.32. The van der Waals surface area contributed by atoms with E-state index >= 15 is 0 Å². The van der Waals surface area contributed by atoms with Gasteiger partial charge in [0.2, 0.25) is 5.75 Å². The topological polar surface area (TPSA) is 107 Å². The van der Waals surface area contributed by atoms with Crippen LogP contribution < -0.4 is 23.9 Å². The molecule has 12 heteroatoms. The lowest BCUT2D eigenvalue weighted by Crippen LogP contribution is -2.39. The van der Waals surface area contributed by atoms with E-state index in [1.165, 1.54) is 57.9 Å². The van der Waals surface area contributed by atoms with Gasteiger partial charge in [-0.05, 0) is 42.5 Å². The number of amides is 1. The molecule has 0 saturated carbocycles. The normalized spacial score (nSPS) is 11.2. The first-order valence-electron chi connectivity index (χ1n) is 10.4. The molecule has 0 saturated heterocycles. The number of ether oxygens (including phenoxy) is 3. The molecule has 0 aromatic heterocycles. The lowest BCUT2D eigenvalue weighted by atomic mass is 10.2. The first kappa shape index (κ1) is 27.1. The van der Waals surface area contributed by atoms with Crippen LogP contribution in [0.5, 0.6) is 17.2 Å². The highest BCUT2D eigenvalue weighted by atomic mass is 35.5. The van der Waals surface area contributed by atoms with Crippen molar-refractivity contribution in [3.05, 3.63) is 76.3 Å². The van der Waals surface area contributed by atoms with E-state index in [-0.39, 0.29) is 20.6 Å². The molecule has 1 N–H and O–H groups in total. The molecule has 9 nitrogen and oxygen atoms in total. The molecule has 190 valence electrons. The van der Waals surface area contributed by atoms with Crippen LogP contribution in [0.2, 0.25) is 10.0 Å². The minimum atomic E-state index is -4.11. The molecule has 0 bridgehead atoms. The molecule has 36 heavy (non-hydrogen) atoms. The van der Waals surface area contributed by atoms with E-state index in [9.17, 15) is 13.2 Å². The summed E-state index contributed by atoms with van der Waals surface area (Å²) in [6, 6.07) is 15.3. The predicted octanol–water partition coefficient (Wildman–Crippen LogP) is 4.36. The number of rotatable bonds is 10. The maximum Gasteiger partial charge on any atom is 0.264 e. The molecule has 0 unspecified atom stereocenters. The summed E-state index contributed by atoms with van der Waals surface area (Å²) in [4.78, 5) is 12.7. The molecule has 0 heterocycles. The predicted molar refractivity (Wildman–Crippen MR) is 139 cm³/mol. The number of anilines is 1. The first-order valence-corrected chi connectivity index (χ1v) is 12.6. The Morgan fingerprint density at radius 2 is 1.58 bits per heavy atom. The summed E-state index contributed by atoms with van der Waals surface area (Å²) in [5.74, 6) is 0.530. The van der Waals surface area contributed by atoms with Gasteiger partial charge < -0.3 is 14.2 Å². The van der Waals surface area contributed by atoms with Crippen molar-refractivity contribution in [3.8, 4) is 17.2 Å². The Hall–Kier alpha value is -3.47. The fourth-order valence-corrected chi connectivity index (χ4v) is 4.92. The zero-order chi connectivity index (χ0) is 26.3. The maximum atomic E-state index is 13.4. The highest BCUT2D eigenvalue weighted by molar-refractivity contribution is 7.92. The molecular weight excluding hydrogens is 529 g/mol. The van der Waals surface area contributed by atoms with Crippen LogP contribution in [-0.2, 0) is 14.8 Å². The van der Waals surface area contributed by atoms with E-state index in [0.29, 0.717) is 22.8 Å². The van der Waals surface area contributed by atoms with Gasteiger partial charge in [0, 0.05) is 5.56 Å². The van der Waals surface area contributed by atoms with Crippen LogP contribution in [0.1, 0.15) is 5.56 Å². The number of nitrogens with one attached hydrogen (secondary N) is 1. The minimum absolute atomic E-state index is 0.00444. The standard InChI is InChI=1S/C24H23Cl2N3O6S/c1-33-21-11-16(12-22(34-2)24(21)35-3)14-27-28-23(30)15-29(17-9-10-19(25)20(26)13-17)36(31,32)18-7-5-4-6-8-18/h4-14H,15H2,1-3H3,(H,28,30)/b27-14-. The van der Waals surface area contributed by atoms with Gasteiger partial charge in [-0.1, -0.05) is 41.4 Å². The molecule has 1 amide bonds. The third-order valence-corrected chi connectivity index (χ3v) is 7.43. The Labute approximate surface area is 219 Å². The van der Waals surface area contributed by atoms with Gasteiger partial charge in [0.1, 0.15) is 6.54 Å². The van der Waals surface area contributed by atoms with Crippen LogP contribution >= 0.6 is 23.2 Å². The third-order valence-electron chi connectivity index (χ3n) is 4.90. The summed E-state index contributed by atoms with van der Waals surface area (Å²) in [6.07, 6.45) is 1.36. The Morgan fingerprint density at radius 3 is 2.14 bits per heavy atom. The Bertz CT molecular complexity index is 1340. The number of hydrazone groups is 1. The van der Waals surface area contributed by atoms with Crippen LogP contribution in [0, 0.1) is 0 Å². The zero-order valence-electron chi connectivity index (χ0n) is 19.6. The van der Waals surface area contributed by atoms with Crippen LogP contribution in [0.4, 0.5) is 5.69 Å². The van der Waals surface area contributed by atoms with Gasteiger partial charge in [0.25, 0.3) is 15.9 Å². The second-order valence-corrected chi connectivity index (χ2v) is 9.85. The molecule has 3 aromatic carbocycles. The molecule has 0 fully saturated rings. The molecule has 0 aliphatic heterocycles. The number of carbonyl (C=O) groups is 1. The van der Waals surface area contributed by atoms with Crippen molar-refractivity contribution in [2.45, 2.75) is 4.90 Å². The van der Waals surface area contributed by atoms with Crippen molar-refractivity contribution in [2.75, 3.05) is 32.2 Å². The van der Waals surface area contributed by atoms with Gasteiger partial charge >= 0.3 is 0 Å². The lowest BCUT2D eigenvalue weighted by molar-refractivity contribution is -0.119. The smallest absolute Gasteiger partial charge is 0.264 e. The van der Waals surface area contributed by atoms with Crippen LogP contribution in [0.25, 0.3) is 0 Å². The van der Waals surface area contributed by atoms with Gasteiger partial charge in [-0.3, -0.25) is 9.10 Å². The highest BCUT2D eigenvalue weighted by Gasteiger charge is 2.27. The molecule has 3 rings (SSSR count). The summed E-state index contributed by atoms with van der Waals surface area (Å²) in [6.45, 7) is -0.568. The lowest BCUT2D eigenvalue weighted by Gasteiger charge is -2.24. The molecule has 0 radical (unpaired) electrons. The fraction of sp³-hybridized carbons (Fsp3) is 0.167. The quantitative estimate of drug-likeness (QED) is 0.296. The number of nitrogens with zero attached hydrogens (tertiary/aromatic N) is 2. The number of halogens is 2. The van der Waals surface area contributed by atoms with Gasteiger partial charge in [-0.2, -0.15) is 5.10 Å². The number of hydrogen-bond acceptors (Lipinski definition) is 7. The Balaban J connectivity index is 1.85. The average molecular weight is 552 g/mol. The number of hydrogen-bond donors (Lipinski definition) is 1. The second-order valence-electron chi connectivity index (χ2n) is 7.17. The Kier molecular flexibility index (Phi) is 9.03. The van der Waals surface area contributed by atoms with Crippen molar-refractivity contribution in [3.63, 3.8) is 0 Å². The SMILES string of the molecule is COc1cc(/C=N\NC(=O)CN(c2ccc(Cl)c(Cl)c2)S(=O)(=O)c2ccccc2)cc(OC)c1OC. The van der Waals surface area contributed by atoms with Gasteiger partial charge in [0.15, 0.2) is 11.5 Å². The van der Waals surface area contributed by atoms with Gasteiger partial charge in [-0.15, -0.1) is 0 Å². The van der Waals surface area contributed by atoms with E-state index in [0.717, 1.165) is 4.31 Å². The van der Waals surface area contributed by atoms with E-state index in [2.05, 4.69) is 10.5 Å². The first-order chi connectivity index (χ1) is 17.2. The summed E-state index contributed by atoms with van der Waals surface area (Å²) in [5.41, 5.74) is 3.05. The summed E-state index contributed by atoms with van der Waals surface area (Å²) < 4.78 is 43.5. The van der Waals surface area contributed by atoms with E-state index in [1.54, 1.807) is 30.3 Å². The Morgan fingerprint density at radius 1 is 0.944 bits per heavy atom. The molecule has 0 atom stereocenters. The number of sulfonamides is 1. The molecule has 0 spiro atoms. The highest BCUT2D eigenvalue weighted by Crippen LogP contribution is 2.37. The monoisotopic (exact) mass is 551 g/mol. The molecule has 0 aliphatic rings. The van der Waals surface area contributed by atoms with Crippen molar-refractivity contribution in [1.29, 1.82) is 0 Å². The molecule has 3 aromatic rings. The van der Waals surface area contributed by atoms with E-state index < -0.39 is 22.5 Å². The van der Waals surface area contributed by atoms with Crippen molar-refractivity contribution in [2.24, 2.45) is 5.10 Å².